The number of nitrogens with one attached hydrogen (secondary N) is 3. The number of fused-ring (bicyclic) bond motifs is 1. The number of amides is 1. The van der Waals surface area contributed by atoms with Gasteiger partial charge in [-0.3, -0.25) is 25.1 Å². The largest absolute Gasteiger partial charge is 0.331 e. The molecule has 0 saturated carbocycles. The van der Waals surface area contributed by atoms with E-state index in [1.54, 1.807) is 48.5 Å². The van der Waals surface area contributed by atoms with Crippen LogP contribution in [0.3, 0.4) is 0 Å². The lowest BCUT2D eigenvalue weighted by atomic mass is 10.2. The molecule has 132 valence electrons. The van der Waals surface area contributed by atoms with Gasteiger partial charge < -0.3 is 5.32 Å². The molecule has 26 heavy (non-hydrogen) atoms. The molecule has 0 radical (unpaired) electrons. The first kappa shape index (κ1) is 17.8. The summed E-state index contributed by atoms with van der Waals surface area (Å²) in [6.07, 6.45) is 1.19. The number of hydrazine groups is 1. The van der Waals surface area contributed by atoms with Gasteiger partial charge in [0.1, 0.15) is 6.54 Å². The van der Waals surface area contributed by atoms with Crippen LogP contribution in [0.2, 0.25) is 5.02 Å². The average molecular weight is 388 g/mol. The summed E-state index contributed by atoms with van der Waals surface area (Å²) < 4.78 is 1.45. The van der Waals surface area contributed by atoms with Crippen LogP contribution in [0.1, 0.15) is 0 Å². The van der Waals surface area contributed by atoms with Gasteiger partial charge in [0.15, 0.2) is 5.11 Å². The van der Waals surface area contributed by atoms with Gasteiger partial charge in [0.2, 0.25) is 5.43 Å². The van der Waals surface area contributed by atoms with Crippen molar-refractivity contribution in [2.75, 3.05) is 5.32 Å². The lowest BCUT2D eigenvalue weighted by molar-refractivity contribution is -0.122. The molecule has 0 saturated heterocycles. The van der Waals surface area contributed by atoms with Crippen LogP contribution >= 0.6 is 23.8 Å². The van der Waals surface area contributed by atoms with Gasteiger partial charge in [-0.05, 0) is 48.6 Å². The summed E-state index contributed by atoms with van der Waals surface area (Å²) in [7, 11) is 0. The van der Waals surface area contributed by atoms with E-state index < -0.39 is 0 Å². The van der Waals surface area contributed by atoms with E-state index in [1.165, 1.54) is 10.9 Å². The monoisotopic (exact) mass is 387 g/mol. The van der Waals surface area contributed by atoms with Gasteiger partial charge >= 0.3 is 0 Å². The third kappa shape index (κ3) is 4.35. The van der Waals surface area contributed by atoms with Crippen molar-refractivity contribution in [2.45, 2.75) is 6.54 Å². The summed E-state index contributed by atoms with van der Waals surface area (Å²) in [5.41, 5.74) is 6.21. The Morgan fingerprint density at radius 3 is 2.62 bits per heavy atom. The third-order valence-electron chi connectivity index (χ3n) is 3.47. The zero-order valence-corrected chi connectivity index (χ0v) is 15.0. The summed E-state index contributed by atoms with van der Waals surface area (Å²) in [6, 6.07) is 13.9. The van der Waals surface area contributed by atoms with Crippen LogP contribution in [-0.2, 0) is 11.3 Å². The second kappa shape index (κ2) is 7.94. The molecular formula is C17H14ClN5O2S. The summed E-state index contributed by atoms with van der Waals surface area (Å²) in [4.78, 5) is 23.9. The van der Waals surface area contributed by atoms with E-state index >= 15 is 0 Å². The molecular weight excluding hydrogens is 374 g/mol. The van der Waals surface area contributed by atoms with Crippen molar-refractivity contribution in [1.82, 2.24) is 20.6 Å². The summed E-state index contributed by atoms with van der Waals surface area (Å²) in [6.45, 7) is -0.0721. The number of halogens is 1. The minimum Gasteiger partial charge on any atom is -0.331 e. The lowest BCUT2D eigenvalue weighted by Crippen LogP contribution is -2.45. The fraction of sp³-hybridized carbons (Fsp3) is 0.0588. The maximum atomic E-state index is 12.1. The van der Waals surface area contributed by atoms with Gasteiger partial charge in [-0.15, -0.1) is 0 Å². The van der Waals surface area contributed by atoms with E-state index in [-0.39, 0.29) is 23.0 Å². The molecule has 3 aromatic rings. The highest BCUT2D eigenvalue weighted by Gasteiger charge is 2.08. The molecule has 3 rings (SSSR count). The third-order valence-corrected chi connectivity index (χ3v) is 3.93. The predicted octanol–water partition coefficient (Wildman–Crippen LogP) is 2.07. The molecule has 2 aromatic carbocycles. The Morgan fingerprint density at radius 1 is 1.12 bits per heavy atom. The van der Waals surface area contributed by atoms with Crippen molar-refractivity contribution in [1.29, 1.82) is 0 Å². The van der Waals surface area contributed by atoms with E-state index in [0.29, 0.717) is 15.9 Å². The van der Waals surface area contributed by atoms with E-state index in [2.05, 4.69) is 21.3 Å². The minimum atomic E-state index is -0.369. The molecule has 3 N–H and O–H groups in total. The number of anilines is 1. The number of nitrogens with zero attached hydrogens (tertiary/aromatic N) is 2. The fourth-order valence-corrected chi connectivity index (χ4v) is 2.58. The number of para-hydroxylation sites is 1. The smallest absolute Gasteiger partial charge is 0.260 e. The zero-order valence-electron chi connectivity index (χ0n) is 13.4. The maximum Gasteiger partial charge on any atom is 0.260 e. The minimum absolute atomic E-state index is 0.0721. The van der Waals surface area contributed by atoms with E-state index in [4.69, 9.17) is 23.8 Å². The normalized spacial score (nSPS) is 10.3. The Morgan fingerprint density at radius 2 is 1.85 bits per heavy atom. The lowest BCUT2D eigenvalue weighted by Gasteiger charge is -2.13. The molecule has 1 heterocycles. The number of aromatic nitrogens is 2. The number of carbonyl (C=O) groups is 1. The fourth-order valence-electron chi connectivity index (χ4n) is 2.28. The van der Waals surface area contributed by atoms with Crippen LogP contribution in [0.15, 0.2) is 59.5 Å². The van der Waals surface area contributed by atoms with Crippen LogP contribution < -0.4 is 21.6 Å². The molecule has 0 aliphatic heterocycles. The van der Waals surface area contributed by atoms with Gasteiger partial charge in [0, 0.05) is 16.1 Å². The SMILES string of the molecule is O=C(Cn1ncc(=O)c2ccccc21)NNC(=S)Nc1ccc(Cl)cc1. The number of rotatable bonds is 3. The highest BCUT2D eigenvalue weighted by atomic mass is 35.5. The zero-order chi connectivity index (χ0) is 18.5. The van der Waals surface area contributed by atoms with Gasteiger partial charge in [0.25, 0.3) is 5.91 Å². The first-order valence-electron chi connectivity index (χ1n) is 7.59. The molecule has 0 aliphatic rings. The number of thiocarbonyl (C=S) groups is 1. The van der Waals surface area contributed by atoms with E-state index in [9.17, 15) is 9.59 Å². The summed E-state index contributed by atoms with van der Waals surface area (Å²) in [5, 5.41) is 8.25. The second-order valence-electron chi connectivity index (χ2n) is 5.32. The average Bonchev–Trinajstić information content (AvgIpc) is 2.64. The van der Waals surface area contributed by atoms with Crippen molar-refractivity contribution in [2.24, 2.45) is 0 Å². The van der Waals surface area contributed by atoms with Gasteiger partial charge in [0.05, 0.1) is 11.7 Å². The van der Waals surface area contributed by atoms with Gasteiger partial charge in [-0.2, -0.15) is 5.10 Å². The number of benzene rings is 2. The molecule has 0 bridgehead atoms. The number of carbonyl (C=O) groups excluding carboxylic acids is 1. The first-order valence-corrected chi connectivity index (χ1v) is 8.38. The Labute approximate surface area is 158 Å². The summed E-state index contributed by atoms with van der Waals surface area (Å²) in [5.74, 6) is -0.369. The molecule has 7 nitrogen and oxygen atoms in total. The standard InChI is InChI=1S/C17H14ClN5O2S/c18-11-5-7-12(8-6-11)20-17(26)22-21-16(25)10-23-14-4-2-1-3-13(14)15(24)9-19-23/h1-9H,10H2,(H,21,25)(H2,20,22,26). The summed E-state index contributed by atoms with van der Waals surface area (Å²) >= 11 is 10.9. The Hall–Kier alpha value is -2.97. The van der Waals surface area contributed by atoms with Crippen LogP contribution in [-0.4, -0.2) is 20.8 Å². The number of hydrogen-bond acceptors (Lipinski definition) is 4. The van der Waals surface area contributed by atoms with Crippen LogP contribution in [0.4, 0.5) is 5.69 Å². The molecule has 0 atom stereocenters. The highest BCUT2D eigenvalue weighted by molar-refractivity contribution is 7.80. The Balaban J connectivity index is 1.59. The van der Waals surface area contributed by atoms with Crippen LogP contribution in [0, 0.1) is 0 Å². The molecule has 0 spiro atoms. The maximum absolute atomic E-state index is 12.1. The Kier molecular flexibility index (Phi) is 5.45. The Bertz CT molecular complexity index is 1020. The van der Waals surface area contributed by atoms with Gasteiger partial charge in [-0.1, -0.05) is 23.7 Å². The quantitative estimate of drug-likeness (QED) is 0.471. The molecule has 1 amide bonds. The van der Waals surface area contributed by atoms with E-state index in [0.717, 1.165) is 5.69 Å². The van der Waals surface area contributed by atoms with E-state index in [1.807, 2.05) is 0 Å². The van der Waals surface area contributed by atoms with Crippen LogP contribution in [0.25, 0.3) is 10.9 Å². The van der Waals surface area contributed by atoms with Gasteiger partial charge in [-0.25, -0.2) is 0 Å². The van der Waals surface area contributed by atoms with Crippen molar-refractivity contribution >= 4 is 51.4 Å². The van der Waals surface area contributed by atoms with Crippen molar-refractivity contribution in [3.8, 4) is 0 Å². The number of hydrogen-bond donors (Lipinski definition) is 3. The predicted molar refractivity (Wildman–Crippen MR) is 105 cm³/mol. The molecule has 1 aromatic heterocycles. The van der Waals surface area contributed by atoms with Crippen molar-refractivity contribution in [3.63, 3.8) is 0 Å². The molecule has 0 aliphatic carbocycles. The van der Waals surface area contributed by atoms with Crippen molar-refractivity contribution in [3.05, 3.63) is 70.0 Å². The first-order chi connectivity index (χ1) is 12.5. The molecule has 9 heteroatoms. The molecule has 0 fully saturated rings. The topological polar surface area (TPSA) is 88.0 Å². The molecule has 0 unspecified atom stereocenters. The van der Waals surface area contributed by atoms with Crippen molar-refractivity contribution < 1.29 is 4.79 Å². The van der Waals surface area contributed by atoms with Crippen LogP contribution in [0.5, 0.6) is 0 Å². The second-order valence-corrected chi connectivity index (χ2v) is 6.16. The highest BCUT2D eigenvalue weighted by Crippen LogP contribution is 2.13.